The molecule has 0 N–H and O–H groups in total. The van der Waals surface area contributed by atoms with Crippen molar-refractivity contribution >= 4 is 16.7 Å². The quantitative estimate of drug-likeness (QED) is 0.400. The van der Waals surface area contributed by atoms with Gasteiger partial charge in [0.25, 0.3) is 0 Å². The molecule has 1 saturated heterocycles. The molecule has 0 unspecified atom stereocenters. The monoisotopic (exact) mass is 426 g/mol. The van der Waals surface area contributed by atoms with Gasteiger partial charge in [-0.2, -0.15) is 0 Å². The first-order valence-electron chi connectivity index (χ1n) is 11.9. The molecule has 5 rings (SSSR count). The first kappa shape index (κ1) is 22.1. The Hall–Kier alpha value is -3.11. The largest absolute Gasteiger partial charge is 0.369 e. The molecule has 0 spiro atoms. The van der Waals surface area contributed by atoms with Crippen molar-refractivity contribution < 1.29 is 0 Å². The first-order chi connectivity index (χ1) is 15.8. The number of aromatic nitrogens is 2. The molecule has 0 aliphatic carbocycles. The van der Waals surface area contributed by atoms with E-state index in [1.54, 1.807) is 0 Å². The van der Waals surface area contributed by atoms with E-state index in [-0.39, 0.29) is 6.04 Å². The van der Waals surface area contributed by atoms with Gasteiger partial charge in [-0.05, 0) is 35.9 Å². The number of anilines is 1. The van der Waals surface area contributed by atoms with Crippen LogP contribution in [0.15, 0.2) is 85.2 Å². The molecule has 2 heterocycles. The fourth-order valence-electron chi connectivity index (χ4n) is 4.52. The van der Waals surface area contributed by atoms with Crippen LogP contribution in [0.1, 0.15) is 37.9 Å². The Morgan fingerprint density at radius 1 is 0.781 bits per heavy atom. The van der Waals surface area contributed by atoms with Gasteiger partial charge in [-0.1, -0.05) is 81.4 Å². The molecule has 0 saturated carbocycles. The maximum atomic E-state index is 4.74. The molecule has 4 aromatic rings. The summed E-state index contributed by atoms with van der Waals surface area (Å²) >= 11 is 0. The molecule has 0 amide bonds. The number of likely N-dealkylation sites (N-methyl/N-ethyl adjacent to an activating group) is 1. The molecule has 3 aromatic carbocycles. The van der Waals surface area contributed by atoms with E-state index in [4.69, 9.17) is 4.98 Å². The highest BCUT2D eigenvalue weighted by Gasteiger charge is 2.20. The van der Waals surface area contributed by atoms with Crippen LogP contribution in [0.5, 0.6) is 0 Å². The zero-order valence-corrected chi connectivity index (χ0v) is 19.5. The molecular formula is C28H34N4. The van der Waals surface area contributed by atoms with Gasteiger partial charge in [0, 0.05) is 31.9 Å². The molecule has 1 aliphatic heterocycles. The number of nitrogens with zero attached hydrogens (tertiary/aromatic N) is 4. The predicted molar refractivity (Wildman–Crippen MR) is 136 cm³/mol. The van der Waals surface area contributed by atoms with Crippen molar-refractivity contribution in [3.05, 3.63) is 96.3 Å². The summed E-state index contributed by atoms with van der Waals surface area (Å²) in [6, 6.07) is 28.2. The molecular weight excluding hydrogens is 392 g/mol. The molecule has 166 valence electrons. The zero-order chi connectivity index (χ0) is 22.3. The second-order valence-corrected chi connectivity index (χ2v) is 7.97. The van der Waals surface area contributed by atoms with Crippen LogP contribution in [0.4, 0.5) is 5.69 Å². The average Bonchev–Trinajstić information content (AvgIpc) is 3.30. The Morgan fingerprint density at radius 3 is 1.94 bits per heavy atom. The molecule has 4 nitrogen and oxygen atoms in total. The second kappa shape index (κ2) is 10.5. The number of benzene rings is 3. The van der Waals surface area contributed by atoms with Crippen molar-refractivity contribution in [2.45, 2.75) is 26.8 Å². The van der Waals surface area contributed by atoms with Crippen LogP contribution in [0.2, 0.25) is 0 Å². The number of imidazole rings is 1. The number of piperazine rings is 1. The SMILES string of the molecule is CC.CCN1CCN(c2ccc3ncn(C(c4ccccc4)c4ccccc4)c3c2)CC1. The van der Waals surface area contributed by atoms with Gasteiger partial charge in [0.1, 0.15) is 0 Å². The Morgan fingerprint density at radius 2 is 1.38 bits per heavy atom. The molecule has 4 heteroatoms. The van der Waals surface area contributed by atoms with Crippen LogP contribution in [-0.4, -0.2) is 47.2 Å². The number of hydrogen-bond acceptors (Lipinski definition) is 3. The standard InChI is InChI=1S/C26H28N4.C2H6/c1-2-28-15-17-29(18-16-28)23-13-14-24-25(19-23)30(20-27-24)26(21-9-5-3-6-10-21)22-11-7-4-8-12-22;1-2/h3-14,19-20,26H,2,15-18H2,1H3;1-2H3. The third-order valence-electron chi connectivity index (χ3n) is 6.25. The van der Waals surface area contributed by atoms with Crippen LogP contribution in [0, 0.1) is 0 Å². The maximum absolute atomic E-state index is 4.74. The van der Waals surface area contributed by atoms with Crippen molar-refractivity contribution in [3.8, 4) is 0 Å². The molecule has 1 fully saturated rings. The molecule has 0 atom stereocenters. The van der Waals surface area contributed by atoms with Gasteiger partial charge < -0.3 is 14.4 Å². The average molecular weight is 427 g/mol. The summed E-state index contributed by atoms with van der Waals surface area (Å²) in [5.41, 5.74) is 6.06. The van der Waals surface area contributed by atoms with Crippen molar-refractivity contribution in [2.24, 2.45) is 0 Å². The Bertz CT molecular complexity index is 1060. The van der Waals surface area contributed by atoms with Gasteiger partial charge in [0.05, 0.1) is 23.4 Å². The van der Waals surface area contributed by atoms with Crippen LogP contribution >= 0.6 is 0 Å². The lowest BCUT2D eigenvalue weighted by Crippen LogP contribution is -2.46. The van der Waals surface area contributed by atoms with E-state index in [1.807, 2.05) is 20.2 Å². The molecule has 32 heavy (non-hydrogen) atoms. The summed E-state index contributed by atoms with van der Waals surface area (Å²) in [5, 5.41) is 0. The molecule has 0 radical (unpaired) electrons. The van der Waals surface area contributed by atoms with Gasteiger partial charge >= 0.3 is 0 Å². The summed E-state index contributed by atoms with van der Waals surface area (Å²) < 4.78 is 2.33. The van der Waals surface area contributed by atoms with E-state index in [0.717, 1.165) is 38.2 Å². The lowest BCUT2D eigenvalue weighted by atomic mass is 9.98. The van der Waals surface area contributed by atoms with E-state index in [1.165, 1.54) is 22.3 Å². The minimum atomic E-state index is 0.101. The van der Waals surface area contributed by atoms with E-state index >= 15 is 0 Å². The second-order valence-electron chi connectivity index (χ2n) is 7.97. The summed E-state index contributed by atoms with van der Waals surface area (Å²) in [6.45, 7) is 11.8. The Labute approximate surface area is 192 Å². The highest BCUT2D eigenvalue weighted by Crippen LogP contribution is 2.31. The number of hydrogen-bond donors (Lipinski definition) is 0. The van der Waals surface area contributed by atoms with Crippen molar-refractivity contribution in [3.63, 3.8) is 0 Å². The smallest absolute Gasteiger partial charge is 0.0966 e. The maximum Gasteiger partial charge on any atom is 0.0966 e. The minimum absolute atomic E-state index is 0.101. The minimum Gasteiger partial charge on any atom is -0.369 e. The normalized spacial score (nSPS) is 14.4. The van der Waals surface area contributed by atoms with Gasteiger partial charge in [-0.25, -0.2) is 4.98 Å². The van der Waals surface area contributed by atoms with E-state index in [0.29, 0.717) is 0 Å². The van der Waals surface area contributed by atoms with Gasteiger partial charge in [0.2, 0.25) is 0 Å². The van der Waals surface area contributed by atoms with Crippen LogP contribution in [0.3, 0.4) is 0 Å². The predicted octanol–water partition coefficient (Wildman–Crippen LogP) is 5.84. The third kappa shape index (κ3) is 4.56. The van der Waals surface area contributed by atoms with E-state index in [9.17, 15) is 0 Å². The summed E-state index contributed by atoms with van der Waals surface area (Å²) in [6.07, 6.45) is 1.99. The van der Waals surface area contributed by atoms with E-state index in [2.05, 4.69) is 100 Å². The highest BCUT2D eigenvalue weighted by molar-refractivity contribution is 5.80. The topological polar surface area (TPSA) is 24.3 Å². The molecule has 0 bridgehead atoms. The lowest BCUT2D eigenvalue weighted by Gasteiger charge is -2.35. The first-order valence-corrected chi connectivity index (χ1v) is 11.9. The van der Waals surface area contributed by atoms with Crippen molar-refractivity contribution in [1.82, 2.24) is 14.5 Å². The third-order valence-corrected chi connectivity index (χ3v) is 6.25. The lowest BCUT2D eigenvalue weighted by molar-refractivity contribution is 0.271. The van der Waals surface area contributed by atoms with Crippen molar-refractivity contribution in [2.75, 3.05) is 37.6 Å². The van der Waals surface area contributed by atoms with Gasteiger partial charge in [-0.15, -0.1) is 0 Å². The van der Waals surface area contributed by atoms with Gasteiger partial charge in [-0.3, -0.25) is 0 Å². The number of fused-ring (bicyclic) bond motifs is 1. The summed E-state index contributed by atoms with van der Waals surface area (Å²) in [7, 11) is 0. The van der Waals surface area contributed by atoms with Gasteiger partial charge in [0.15, 0.2) is 0 Å². The molecule has 1 aromatic heterocycles. The fraction of sp³-hybridized carbons (Fsp3) is 0.321. The van der Waals surface area contributed by atoms with E-state index < -0.39 is 0 Å². The Kier molecular flexibility index (Phi) is 7.23. The Balaban J connectivity index is 0.00000119. The number of rotatable bonds is 5. The fourth-order valence-corrected chi connectivity index (χ4v) is 4.52. The van der Waals surface area contributed by atoms with Crippen LogP contribution < -0.4 is 4.90 Å². The summed E-state index contributed by atoms with van der Waals surface area (Å²) in [4.78, 5) is 9.76. The van der Waals surface area contributed by atoms with Crippen molar-refractivity contribution in [1.29, 1.82) is 0 Å². The molecule has 1 aliphatic rings. The summed E-state index contributed by atoms with van der Waals surface area (Å²) in [5.74, 6) is 0. The zero-order valence-electron chi connectivity index (χ0n) is 19.5. The van der Waals surface area contributed by atoms with Crippen LogP contribution in [0.25, 0.3) is 11.0 Å². The van der Waals surface area contributed by atoms with Crippen LogP contribution in [-0.2, 0) is 0 Å². The highest BCUT2D eigenvalue weighted by atomic mass is 15.3.